The lowest BCUT2D eigenvalue weighted by Crippen LogP contribution is -2.43. The van der Waals surface area contributed by atoms with E-state index in [1.54, 1.807) is 0 Å². The summed E-state index contributed by atoms with van der Waals surface area (Å²) in [5, 5.41) is 0. The number of hydrogen-bond acceptors (Lipinski definition) is 3. The van der Waals surface area contributed by atoms with Crippen LogP contribution < -0.4 is 0 Å². The van der Waals surface area contributed by atoms with Crippen molar-refractivity contribution in [3.8, 4) is 0 Å². The second-order valence-corrected chi connectivity index (χ2v) is 5.73. The Labute approximate surface area is 115 Å². The number of rotatable bonds is 3. The van der Waals surface area contributed by atoms with Crippen LogP contribution in [0, 0.1) is 5.92 Å². The predicted molar refractivity (Wildman–Crippen MR) is 72.6 cm³/mol. The van der Waals surface area contributed by atoms with E-state index in [1.165, 1.54) is 19.3 Å². The summed E-state index contributed by atoms with van der Waals surface area (Å²) >= 11 is 0. The Bertz CT molecular complexity index is 323. The maximum absolute atomic E-state index is 12.2. The number of amides is 1. The van der Waals surface area contributed by atoms with Gasteiger partial charge in [0.2, 0.25) is 5.91 Å². The zero-order valence-electron chi connectivity index (χ0n) is 11.9. The summed E-state index contributed by atoms with van der Waals surface area (Å²) < 4.78 is 5.62. The lowest BCUT2D eigenvalue weighted by Gasteiger charge is -2.32. The minimum Gasteiger partial charge on any atom is -0.462 e. The average Bonchev–Trinajstić information content (AvgIpc) is 2.47. The van der Waals surface area contributed by atoms with Gasteiger partial charge < -0.3 is 9.64 Å². The summed E-state index contributed by atoms with van der Waals surface area (Å²) in [6.07, 6.45) is 8.03. The minimum absolute atomic E-state index is 0.0829. The third-order valence-corrected chi connectivity index (χ3v) is 4.24. The molecule has 4 nitrogen and oxygen atoms in total. The van der Waals surface area contributed by atoms with E-state index in [4.69, 9.17) is 4.74 Å². The summed E-state index contributed by atoms with van der Waals surface area (Å²) in [5.74, 6) is -0.0400. The van der Waals surface area contributed by atoms with Crippen LogP contribution >= 0.6 is 0 Å². The van der Waals surface area contributed by atoms with Crippen LogP contribution in [0.1, 0.15) is 58.3 Å². The monoisotopic (exact) mass is 267 g/mol. The molecule has 0 radical (unpaired) electrons. The molecule has 0 aromatic rings. The van der Waals surface area contributed by atoms with Gasteiger partial charge >= 0.3 is 5.97 Å². The van der Waals surface area contributed by atoms with Crippen molar-refractivity contribution in [2.24, 2.45) is 5.92 Å². The number of esters is 1. The molecule has 1 aliphatic carbocycles. The predicted octanol–water partition coefficient (Wildman–Crippen LogP) is 2.51. The Morgan fingerprint density at radius 1 is 1.11 bits per heavy atom. The largest absolute Gasteiger partial charge is 0.462 e. The van der Waals surface area contributed by atoms with Crippen molar-refractivity contribution in [3.05, 3.63) is 0 Å². The zero-order valence-corrected chi connectivity index (χ0v) is 11.9. The molecule has 1 saturated carbocycles. The van der Waals surface area contributed by atoms with E-state index in [0.29, 0.717) is 13.0 Å². The first-order valence-electron chi connectivity index (χ1n) is 7.69. The van der Waals surface area contributed by atoms with Gasteiger partial charge in [0, 0.05) is 19.5 Å². The Balaban J connectivity index is 1.82. The number of nitrogens with zero attached hydrogens (tertiary/aromatic N) is 1. The third-order valence-electron chi connectivity index (χ3n) is 4.24. The average molecular weight is 267 g/mol. The number of hydrogen-bond donors (Lipinski definition) is 0. The molecule has 1 saturated heterocycles. The molecule has 0 bridgehead atoms. The topological polar surface area (TPSA) is 46.6 Å². The van der Waals surface area contributed by atoms with Gasteiger partial charge in [0.25, 0.3) is 0 Å². The van der Waals surface area contributed by atoms with Gasteiger partial charge in [-0.05, 0) is 38.5 Å². The van der Waals surface area contributed by atoms with Crippen molar-refractivity contribution >= 4 is 11.9 Å². The van der Waals surface area contributed by atoms with Crippen molar-refractivity contribution in [1.82, 2.24) is 4.90 Å². The van der Waals surface area contributed by atoms with Crippen LogP contribution in [0.15, 0.2) is 0 Å². The normalized spacial score (nSPS) is 25.1. The molecule has 2 rings (SSSR count). The highest BCUT2D eigenvalue weighted by Gasteiger charge is 2.30. The first-order valence-corrected chi connectivity index (χ1v) is 7.69. The highest BCUT2D eigenvalue weighted by molar-refractivity contribution is 5.78. The van der Waals surface area contributed by atoms with Crippen LogP contribution in [0.25, 0.3) is 0 Å². The van der Waals surface area contributed by atoms with Crippen molar-refractivity contribution in [1.29, 1.82) is 0 Å². The quantitative estimate of drug-likeness (QED) is 0.738. The van der Waals surface area contributed by atoms with Gasteiger partial charge in [0.05, 0.1) is 5.92 Å². The fraction of sp³-hybridized carbons (Fsp3) is 0.867. The molecule has 0 aromatic heterocycles. The van der Waals surface area contributed by atoms with Crippen LogP contribution in [0.5, 0.6) is 0 Å². The number of likely N-dealkylation sites (tertiary alicyclic amines) is 1. The summed E-state index contributed by atoms with van der Waals surface area (Å²) in [4.78, 5) is 25.7. The molecule has 1 aliphatic heterocycles. The molecule has 2 fully saturated rings. The second-order valence-electron chi connectivity index (χ2n) is 5.73. The lowest BCUT2D eigenvalue weighted by atomic mass is 9.96. The molecule has 0 N–H and O–H groups in total. The molecule has 0 aromatic carbocycles. The Morgan fingerprint density at radius 3 is 2.53 bits per heavy atom. The summed E-state index contributed by atoms with van der Waals surface area (Å²) in [6.45, 7) is 3.21. The van der Waals surface area contributed by atoms with E-state index in [1.807, 2.05) is 11.8 Å². The summed E-state index contributed by atoms with van der Waals surface area (Å²) in [7, 11) is 0. The van der Waals surface area contributed by atoms with Gasteiger partial charge in [-0.1, -0.05) is 13.3 Å². The standard InChI is InChI=1S/C15H25NO3/c1-2-14(17)16-10-6-7-12(11-16)15(18)19-13-8-4-3-5-9-13/h12-13H,2-11H2,1H3/t12-/m0/s1. The van der Waals surface area contributed by atoms with Crippen molar-refractivity contribution in [3.63, 3.8) is 0 Å². The number of carbonyl (C=O) groups excluding carboxylic acids is 2. The van der Waals surface area contributed by atoms with Gasteiger partial charge in [-0.25, -0.2) is 0 Å². The number of carbonyl (C=O) groups is 2. The van der Waals surface area contributed by atoms with E-state index in [-0.39, 0.29) is 23.9 Å². The van der Waals surface area contributed by atoms with Gasteiger partial charge in [-0.15, -0.1) is 0 Å². The maximum Gasteiger partial charge on any atom is 0.311 e. The van der Waals surface area contributed by atoms with Crippen LogP contribution in [0.2, 0.25) is 0 Å². The Kier molecular flexibility index (Phi) is 5.23. The lowest BCUT2D eigenvalue weighted by molar-refractivity contribution is -0.158. The molecule has 1 amide bonds. The van der Waals surface area contributed by atoms with Crippen LogP contribution in [-0.2, 0) is 14.3 Å². The smallest absolute Gasteiger partial charge is 0.311 e. The molecule has 19 heavy (non-hydrogen) atoms. The van der Waals surface area contributed by atoms with E-state index >= 15 is 0 Å². The molecule has 108 valence electrons. The molecular formula is C15H25NO3. The Morgan fingerprint density at radius 2 is 1.84 bits per heavy atom. The number of ether oxygens (including phenoxy) is 1. The maximum atomic E-state index is 12.2. The van der Waals surface area contributed by atoms with Crippen LogP contribution in [-0.4, -0.2) is 36.0 Å². The minimum atomic E-state index is -0.105. The van der Waals surface area contributed by atoms with Gasteiger partial charge in [0.15, 0.2) is 0 Å². The first-order chi connectivity index (χ1) is 9.20. The summed E-state index contributed by atoms with van der Waals surface area (Å²) in [6, 6.07) is 0. The SMILES string of the molecule is CCC(=O)N1CCC[C@H](C(=O)OC2CCCCC2)C1. The van der Waals surface area contributed by atoms with E-state index in [9.17, 15) is 9.59 Å². The van der Waals surface area contributed by atoms with E-state index in [2.05, 4.69) is 0 Å². The molecule has 0 spiro atoms. The first kappa shape index (κ1) is 14.4. The molecule has 1 heterocycles. The fourth-order valence-electron chi connectivity index (χ4n) is 3.06. The molecule has 4 heteroatoms. The van der Waals surface area contributed by atoms with E-state index < -0.39 is 0 Å². The summed E-state index contributed by atoms with van der Waals surface area (Å²) in [5.41, 5.74) is 0. The highest BCUT2D eigenvalue weighted by atomic mass is 16.5. The van der Waals surface area contributed by atoms with Crippen LogP contribution in [0.3, 0.4) is 0 Å². The number of piperidine rings is 1. The van der Waals surface area contributed by atoms with Crippen molar-refractivity contribution in [2.45, 2.75) is 64.4 Å². The van der Waals surface area contributed by atoms with Gasteiger partial charge in [-0.2, -0.15) is 0 Å². The molecule has 2 aliphatic rings. The van der Waals surface area contributed by atoms with Gasteiger partial charge in [0.1, 0.15) is 6.10 Å². The van der Waals surface area contributed by atoms with Crippen LogP contribution in [0.4, 0.5) is 0 Å². The Hall–Kier alpha value is -1.06. The molecular weight excluding hydrogens is 242 g/mol. The second kappa shape index (κ2) is 6.92. The van der Waals surface area contributed by atoms with Crippen molar-refractivity contribution in [2.75, 3.05) is 13.1 Å². The van der Waals surface area contributed by atoms with E-state index in [0.717, 1.165) is 32.2 Å². The molecule has 0 unspecified atom stereocenters. The third kappa shape index (κ3) is 3.95. The zero-order chi connectivity index (χ0) is 13.7. The van der Waals surface area contributed by atoms with Crippen molar-refractivity contribution < 1.29 is 14.3 Å². The molecule has 1 atom stereocenters. The fourth-order valence-corrected chi connectivity index (χ4v) is 3.06. The van der Waals surface area contributed by atoms with Gasteiger partial charge in [-0.3, -0.25) is 9.59 Å². The highest BCUT2D eigenvalue weighted by Crippen LogP contribution is 2.24.